The van der Waals surface area contributed by atoms with Gasteiger partial charge >= 0.3 is 0 Å². The third-order valence-electron chi connectivity index (χ3n) is 6.88. The molecular formula is C25H24N6O. The van der Waals surface area contributed by atoms with E-state index in [4.69, 9.17) is 9.72 Å². The van der Waals surface area contributed by atoms with Gasteiger partial charge in [-0.25, -0.2) is 4.98 Å². The van der Waals surface area contributed by atoms with Crippen molar-refractivity contribution in [3.05, 3.63) is 65.5 Å². The molecule has 2 fully saturated rings. The zero-order valence-electron chi connectivity index (χ0n) is 18.2. The van der Waals surface area contributed by atoms with Gasteiger partial charge in [0.05, 0.1) is 41.8 Å². The van der Waals surface area contributed by atoms with E-state index >= 15 is 0 Å². The quantitative estimate of drug-likeness (QED) is 0.532. The molecule has 2 aromatic carbocycles. The third-order valence-corrected chi connectivity index (χ3v) is 6.88. The zero-order valence-corrected chi connectivity index (χ0v) is 18.2. The SMILES string of the molecule is Cc1c(C#N)cccc1C(C)Nc1nc2nccn2c2ccc(N3CC4(COC4)C3)cc12. The molecule has 2 aliphatic heterocycles. The number of fused-ring (bicyclic) bond motifs is 3. The molecule has 6 rings (SSSR count). The molecule has 0 radical (unpaired) electrons. The minimum atomic E-state index is -0.0144. The van der Waals surface area contributed by atoms with Gasteiger partial charge < -0.3 is 15.0 Å². The highest BCUT2D eigenvalue weighted by Crippen LogP contribution is 2.41. The molecule has 0 aliphatic carbocycles. The fraction of sp³-hybridized carbons (Fsp3) is 0.320. The number of nitrogens with zero attached hydrogens (tertiary/aromatic N) is 5. The second kappa shape index (κ2) is 6.94. The molecule has 0 bridgehead atoms. The first-order chi connectivity index (χ1) is 15.6. The Labute approximate surface area is 186 Å². The lowest BCUT2D eigenvalue weighted by Gasteiger charge is -2.56. The second-order valence-corrected chi connectivity index (χ2v) is 9.11. The van der Waals surface area contributed by atoms with Crippen molar-refractivity contribution >= 4 is 28.2 Å². The van der Waals surface area contributed by atoms with E-state index in [1.165, 1.54) is 5.69 Å². The molecule has 2 aliphatic rings. The summed E-state index contributed by atoms with van der Waals surface area (Å²) >= 11 is 0. The summed E-state index contributed by atoms with van der Waals surface area (Å²) < 4.78 is 7.45. The Morgan fingerprint density at radius 2 is 2.06 bits per heavy atom. The van der Waals surface area contributed by atoms with E-state index in [1.807, 2.05) is 29.7 Å². The molecule has 2 saturated heterocycles. The molecule has 4 heterocycles. The van der Waals surface area contributed by atoms with Crippen LogP contribution in [0.3, 0.4) is 0 Å². The molecule has 0 saturated carbocycles. The molecule has 4 aromatic rings. The molecule has 1 atom stereocenters. The van der Waals surface area contributed by atoms with Crippen LogP contribution in [0.4, 0.5) is 11.5 Å². The topological polar surface area (TPSA) is 78.5 Å². The third kappa shape index (κ3) is 2.84. The van der Waals surface area contributed by atoms with Gasteiger partial charge in [0.15, 0.2) is 0 Å². The number of aromatic nitrogens is 3. The van der Waals surface area contributed by atoms with Crippen LogP contribution in [0, 0.1) is 23.7 Å². The van der Waals surface area contributed by atoms with Crippen molar-refractivity contribution in [1.29, 1.82) is 5.26 Å². The van der Waals surface area contributed by atoms with Crippen LogP contribution < -0.4 is 10.2 Å². The smallest absolute Gasteiger partial charge is 0.236 e. The number of nitrogens with one attached hydrogen (secondary N) is 1. The molecule has 7 nitrogen and oxygen atoms in total. The van der Waals surface area contributed by atoms with Crippen LogP contribution in [-0.2, 0) is 4.74 Å². The van der Waals surface area contributed by atoms with E-state index in [9.17, 15) is 5.26 Å². The van der Waals surface area contributed by atoms with Crippen molar-refractivity contribution in [2.75, 3.05) is 36.5 Å². The average Bonchev–Trinajstić information content (AvgIpc) is 3.20. The number of anilines is 2. The first kappa shape index (κ1) is 19.1. The van der Waals surface area contributed by atoms with Crippen LogP contribution in [0.25, 0.3) is 16.7 Å². The summed E-state index contributed by atoms with van der Waals surface area (Å²) in [4.78, 5) is 11.7. The van der Waals surface area contributed by atoms with E-state index in [0.29, 0.717) is 16.8 Å². The van der Waals surface area contributed by atoms with Gasteiger partial charge in [-0.15, -0.1) is 0 Å². The first-order valence-electron chi connectivity index (χ1n) is 10.9. The van der Waals surface area contributed by atoms with Crippen LogP contribution >= 0.6 is 0 Å². The fourth-order valence-electron chi connectivity index (χ4n) is 5.00. The number of ether oxygens (including phenoxy) is 1. The average molecular weight is 425 g/mol. The normalized spacial score (nSPS) is 17.7. The zero-order chi connectivity index (χ0) is 21.9. The molecule has 1 spiro atoms. The lowest BCUT2D eigenvalue weighted by Crippen LogP contribution is -2.66. The Morgan fingerprint density at radius 1 is 1.22 bits per heavy atom. The van der Waals surface area contributed by atoms with Gasteiger partial charge in [0.2, 0.25) is 5.78 Å². The van der Waals surface area contributed by atoms with Crippen LogP contribution in [-0.4, -0.2) is 40.7 Å². The summed E-state index contributed by atoms with van der Waals surface area (Å²) in [6.45, 7) is 7.93. The van der Waals surface area contributed by atoms with Crippen molar-refractivity contribution < 1.29 is 4.74 Å². The van der Waals surface area contributed by atoms with Gasteiger partial charge in [0.1, 0.15) is 5.82 Å². The number of hydrogen-bond donors (Lipinski definition) is 1. The standard InChI is InChI=1S/C25H24N6O/c1-16-18(11-26)4-3-5-20(16)17(2)28-23-21-10-19(30-12-25(13-30)14-32-15-25)6-7-22(21)31-9-8-27-24(31)29-23/h3-10,17H,12-15H2,1-2H3,(H,27,28,29). The summed E-state index contributed by atoms with van der Waals surface area (Å²) in [5, 5.41) is 14.1. The predicted molar refractivity (Wildman–Crippen MR) is 124 cm³/mol. The van der Waals surface area contributed by atoms with Crippen LogP contribution in [0.1, 0.15) is 29.7 Å². The minimum absolute atomic E-state index is 0.0144. The number of nitriles is 1. The molecular weight excluding hydrogens is 400 g/mol. The van der Waals surface area contributed by atoms with Gasteiger partial charge in [-0.3, -0.25) is 4.40 Å². The molecule has 2 aromatic heterocycles. The van der Waals surface area contributed by atoms with E-state index in [-0.39, 0.29) is 6.04 Å². The number of rotatable bonds is 4. The van der Waals surface area contributed by atoms with Crippen molar-refractivity contribution in [3.63, 3.8) is 0 Å². The summed E-state index contributed by atoms with van der Waals surface area (Å²) in [6, 6.07) is 14.7. The fourth-order valence-corrected chi connectivity index (χ4v) is 5.00. The number of imidazole rings is 1. The summed E-state index contributed by atoms with van der Waals surface area (Å²) in [5.74, 6) is 1.47. The molecule has 1 unspecified atom stereocenters. The van der Waals surface area contributed by atoms with Crippen LogP contribution in [0.15, 0.2) is 48.8 Å². The van der Waals surface area contributed by atoms with E-state index in [2.05, 4.69) is 52.5 Å². The van der Waals surface area contributed by atoms with Gasteiger partial charge in [0.25, 0.3) is 0 Å². The maximum Gasteiger partial charge on any atom is 0.236 e. The summed E-state index contributed by atoms with van der Waals surface area (Å²) in [6.07, 6.45) is 3.72. The highest BCUT2D eigenvalue weighted by molar-refractivity contribution is 5.94. The maximum absolute atomic E-state index is 9.41. The minimum Gasteiger partial charge on any atom is -0.380 e. The summed E-state index contributed by atoms with van der Waals surface area (Å²) in [5.41, 5.74) is 5.42. The van der Waals surface area contributed by atoms with Gasteiger partial charge in [-0.05, 0) is 49.2 Å². The molecule has 160 valence electrons. The number of hydrogen-bond acceptors (Lipinski definition) is 6. The van der Waals surface area contributed by atoms with Crippen molar-refractivity contribution in [1.82, 2.24) is 14.4 Å². The van der Waals surface area contributed by atoms with Gasteiger partial charge in [-0.1, -0.05) is 12.1 Å². The monoisotopic (exact) mass is 424 g/mol. The molecule has 32 heavy (non-hydrogen) atoms. The van der Waals surface area contributed by atoms with Crippen LogP contribution in [0.2, 0.25) is 0 Å². The second-order valence-electron chi connectivity index (χ2n) is 9.11. The predicted octanol–water partition coefficient (Wildman–Crippen LogP) is 4.07. The van der Waals surface area contributed by atoms with Crippen molar-refractivity contribution in [2.45, 2.75) is 19.9 Å². The van der Waals surface area contributed by atoms with Gasteiger partial charge in [0, 0.05) is 36.6 Å². The lowest BCUT2D eigenvalue weighted by atomic mass is 9.78. The maximum atomic E-state index is 9.41. The van der Waals surface area contributed by atoms with Crippen LogP contribution in [0.5, 0.6) is 0 Å². The first-order valence-corrected chi connectivity index (χ1v) is 10.9. The molecule has 7 heteroatoms. The van der Waals surface area contributed by atoms with E-state index in [0.717, 1.165) is 54.2 Å². The van der Waals surface area contributed by atoms with E-state index in [1.54, 1.807) is 6.20 Å². The summed E-state index contributed by atoms with van der Waals surface area (Å²) in [7, 11) is 0. The Bertz CT molecular complexity index is 1390. The van der Waals surface area contributed by atoms with E-state index < -0.39 is 0 Å². The lowest BCUT2D eigenvalue weighted by molar-refractivity contribution is -0.127. The highest BCUT2D eigenvalue weighted by atomic mass is 16.5. The largest absolute Gasteiger partial charge is 0.380 e. The number of benzene rings is 2. The molecule has 0 amide bonds. The Kier molecular flexibility index (Phi) is 4.14. The Hall–Kier alpha value is -3.63. The van der Waals surface area contributed by atoms with Crippen molar-refractivity contribution in [3.8, 4) is 6.07 Å². The van der Waals surface area contributed by atoms with Crippen molar-refractivity contribution in [2.24, 2.45) is 5.41 Å². The molecule has 1 N–H and O–H groups in total. The Morgan fingerprint density at radius 3 is 2.81 bits per heavy atom. The Balaban J connectivity index is 1.40. The van der Waals surface area contributed by atoms with Gasteiger partial charge in [-0.2, -0.15) is 10.2 Å². The highest BCUT2D eigenvalue weighted by Gasteiger charge is 2.49.